The third-order valence-corrected chi connectivity index (χ3v) is 3.31. The van der Waals surface area contributed by atoms with E-state index in [1.54, 1.807) is 31.4 Å². The Morgan fingerprint density at radius 2 is 2.06 bits per heavy atom. The summed E-state index contributed by atoms with van der Waals surface area (Å²) in [6.07, 6.45) is 2.32. The van der Waals surface area contributed by atoms with E-state index in [2.05, 4.69) is 15.9 Å². The molecule has 0 amide bonds. The van der Waals surface area contributed by atoms with Crippen LogP contribution in [0.25, 0.3) is 0 Å². The number of hydrogen-bond donors (Lipinski definition) is 1. The number of rotatable bonds is 5. The summed E-state index contributed by atoms with van der Waals surface area (Å²) < 4.78 is 5.93. The van der Waals surface area contributed by atoms with Crippen molar-refractivity contribution < 1.29 is 14.6 Å². The molecule has 0 bridgehead atoms. The molecule has 0 aliphatic rings. The van der Waals surface area contributed by atoms with Gasteiger partial charge in [-0.05, 0) is 35.5 Å². The molecule has 17 heavy (non-hydrogen) atoms. The Morgan fingerprint density at radius 1 is 1.47 bits per heavy atom. The van der Waals surface area contributed by atoms with Crippen LogP contribution in [0.2, 0.25) is 0 Å². The van der Waals surface area contributed by atoms with Crippen LogP contribution in [0.5, 0.6) is 5.75 Å². The molecule has 0 saturated heterocycles. The fourth-order valence-corrected chi connectivity index (χ4v) is 1.82. The molecular weight excluding hydrogens is 284 g/mol. The molecule has 1 aromatic rings. The molecule has 1 N–H and O–H groups in total. The number of carboxylic acid groups (broad SMARTS) is 1. The number of hydrogen-bond acceptors (Lipinski definition) is 2. The molecule has 1 atom stereocenters. The normalized spacial score (nSPS) is 13.2. The smallest absolute Gasteiger partial charge is 0.311 e. The van der Waals surface area contributed by atoms with Gasteiger partial charge in [-0.2, -0.15) is 0 Å². The van der Waals surface area contributed by atoms with Crippen molar-refractivity contribution >= 4 is 21.9 Å². The van der Waals surface area contributed by atoms with Crippen LogP contribution in [0.3, 0.4) is 0 Å². The van der Waals surface area contributed by atoms with Crippen molar-refractivity contribution in [3.8, 4) is 5.75 Å². The molecule has 92 valence electrons. The number of ether oxygens (including phenoxy) is 1. The lowest BCUT2D eigenvalue weighted by Crippen LogP contribution is -2.11. The van der Waals surface area contributed by atoms with E-state index in [1.807, 2.05) is 13.0 Å². The zero-order chi connectivity index (χ0) is 12.8. The Balaban J connectivity index is 2.93. The van der Waals surface area contributed by atoms with Crippen LogP contribution in [0.1, 0.15) is 24.8 Å². The van der Waals surface area contributed by atoms with Gasteiger partial charge < -0.3 is 9.84 Å². The standard InChI is InChI=1S/C13H15BrO3/c1-3-10(14)8-12(13(15)16)9-4-6-11(17-2)7-5-9/h3-7,12H,8H2,1-2H3,(H,15,16)/b10-3+. The second kappa shape index (κ2) is 6.45. The molecule has 1 rings (SSSR count). The van der Waals surface area contributed by atoms with E-state index >= 15 is 0 Å². The van der Waals surface area contributed by atoms with Crippen LogP contribution < -0.4 is 4.74 Å². The third kappa shape index (κ3) is 3.89. The largest absolute Gasteiger partial charge is 0.497 e. The summed E-state index contributed by atoms with van der Waals surface area (Å²) in [5.74, 6) is -0.636. The molecule has 3 nitrogen and oxygen atoms in total. The average molecular weight is 299 g/mol. The Kier molecular flexibility index (Phi) is 5.22. The number of methoxy groups -OCH3 is 1. The Hall–Kier alpha value is -1.29. The minimum absolute atomic E-state index is 0.457. The maximum absolute atomic E-state index is 11.2. The van der Waals surface area contributed by atoms with Gasteiger partial charge in [0.05, 0.1) is 13.0 Å². The molecular formula is C13H15BrO3. The van der Waals surface area contributed by atoms with Crippen LogP contribution in [0.15, 0.2) is 34.8 Å². The van der Waals surface area contributed by atoms with E-state index < -0.39 is 11.9 Å². The monoisotopic (exact) mass is 298 g/mol. The fourth-order valence-electron chi connectivity index (χ4n) is 1.50. The van der Waals surface area contributed by atoms with Gasteiger partial charge in [0, 0.05) is 0 Å². The second-order valence-corrected chi connectivity index (χ2v) is 4.62. The van der Waals surface area contributed by atoms with Gasteiger partial charge in [-0.3, -0.25) is 4.79 Å². The second-order valence-electron chi connectivity index (χ2n) is 3.60. The minimum Gasteiger partial charge on any atom is -0.497 e. The summed E-state index contributed by atoms with van der Waals surface area (Å²) in [6, 6.07) is 7.12. The topological polar surface area (TPSA) is 46.5 Å². The lowest BCUT2D eigenvalue weighted by Gasteiger charge is -2.12. The van der Waals surface area contributed by atoms with Gasteiger partial charge in [-0.1, -0.05) is 34.1 Å². The Morgan fingerprint density at radius 3 is 2.47 bits per heavy atom. The first-order valence-corrected chi connectivity index (χ1v) is 6.05. The molecule has 0 aliphatic heterocycles. The zero-order valence-electron chi connectivity index (χ0n) is 9.81. The SMILES string of the molecule is C/C=C(/Br)CC(C(=O)O)c1ccc(OC)cc1. The van der Waals surface area contributed by atoms with Crippen LogP contribution in [0, 0.1) is 0 Å². The summed E-state index contributed by atoms with van der Waals surface area (Å²) in [7, 11) is 1.58. The molecule has 0 aliphatic carbocycles. The average Bonchev–Trinajstić information content (AvgIpc) is 2.35. The van der Waals surface area contributed by atoms with Gasteiger partial charge in [-0.25, -0.2) is 0 Å². The van der Waals surface area contributed by atoms with Crippen molar-refractivity contribution in [1.82, 2.24) is 0 Å². The van der Waals surface area contributed by atoms with Gasteiger partial charge in [0.1, 0.15) is 5.75 Å². The van der Waals surface area contributed by atoms with E-state index in [4.69, 9.17) is 4.74 Å². The van der Waals surface area contributed by atoms with Gasteiger partial charge in [-0.15, -0.1) is 0 Å². The van der Waals surface area contributed by atoms with E-state index in [1.165, 1.54) is 0 Å². The summed E-state index contributed by atoms with van der Waals surface area (Å²) >= 11 is 3.34. The third-order valence-electron chi connectivity index (χ3n) is 2.53. The predicted octanol–water partition coefficient (Wildman–Crippen LogP) is 3.55. The molecule has 1 unspecified atom stereocenters. The van der Waals surface area contributed by atoms with Crippen molar-refractivity contribution in [2.45, 2.75) is 19.3 Å². The van der Waals surface area contributed by atoms with Crippen molar-refractivity contribution in [2.75, 3.05) is 7.11 Å². The number of allylic oxidation sites excluding steroid dienone is 2. The lowest BCUT2D eigenvalue weighted by molar-refractivity contribution is -0.138. The highest BCUT2D eigenvalue weighted by Gasteiger charge is 2.20. The van der Waals surface area contributed by atoms with Gasteiger partial charge in [0.25, 0.3) is 0 Å². The Labute approximate surface area is 109 Å². The molecule has 0 saturated carbocycles. The summed E-state index contributed by atoms with van der Waals surface area (Å²) in [4.78, 5) is 11.2. The summed E-state index contributed by atoms with van der Waals surface area (Å²) in [6.45, 7) is 1.87. The van der Waals surface area contributed by atoms with Crippen molar-refractivity contribution in [2.24, 2.45) is 0 Å². The van der Waals surface area contributed by atoms with Gasteiger partial charge >= 0.3 is 5.97 Å². The van der Waals surface area contributed by atoms with Crippen LogP contribution in [-0.4, -0.2) is 18.2 Å². The first-order valence-electron chi connectivity index (χ1n) is 5.26. The summed E-state index contributed by atoms with van der Waals surface area (Å²) in [5.41, 5.74) is 0.775. The molecule has 1 aromatic carbocycles. The number of benzene rings is 1. The van der Waals surface area contributed by atoms with E-state index in [0.29, 0.717) is 6.42 Å². The highest BCUT2D eigenvalue weighted by atomic mass is 79.9. The first kappa shape index (κ1) is 13.8. The minimum atomic E-state index is -0.825. The lowest BCUT2D eigenvalue weighted by atomic mass is 9.95. The molecule has 0 heterocycles. The molecule has 0 fully saturated rings. The highest BCUT2D eigenvalue weighted by molar-refractivity contribution is 9.11. The maximum atomic E-state index is 11.2. The van der Waals surface area contributed by atoms with Gasteiger partial charge in [0.15, 0.2) is 0 Å². The van der Waals surface area contributed by atoms with Crippen LogP contribution >= 0.6 is 15.9 Å². The van der Waals surface area contributed by atoms with Crippen molar-refractivity contribution in [1.29, 1.82) is 0 Å². The van der Waals surface area contributed by atoms with E-state index in [9.17, 15) is 9.90 Å². The maximum Gasteiger partial charge on any atom is 0.311 e. The van der Waals surface area contributed by atoms with Crippen molar-refractivity contribution in [3.05, 3.63) is 40.4 Å². The predicted molar refractivity (Wildman–Crippen MR) is 70.7 cm³/mol. The van der Waals surface area contributed by atoms with Gasteiger partial charge in [0.2, 0.25) is 0 Å². The molecule has 0 spiro atoms. The molecule has 4 heteroatoms. The van der Waals surface area contributed by atoms with E-state index in [0.717, 1.165) is 15.8 Å². The quantitative estimate of drug-likeness (QED) is 0.904. The fraction of sp³-hybridized carbons (Fsp3) is 0.308. The summed E-state index contributed by atoms with van der Waals surface area (Å²) in [5, 5.41) is 9.22. The Bertz CT molecular complexity index is 409. The highest BCUT2D eigenvalue weighted by Crippen LogP contribution is 2.28. The van der Waals surface area contributed by atoms with Crippen LogP contribution in [-0.2, 0) is 4.79 Å². The number of halogens is 1. The van der Waals surface area contributed by atoms with Crippen molar-refractivity contribution in [3.63, 3.8) is 0 Å². The number of aliphatic carboxylic acids is 1. The van der Waals surface area contributed by atoms with Crippen LogP contribution in [0.4, 0.5) is 0 Å². The number of carboxylic acids is 1. The zero-order valence-corrected chi connectivity index (χ0v) is 11.4. The van der Waals surface area contributed by atoms with E-state index in [-0.39, 0.29) is 0 Å². The molecule has 0 radical (unpaired) electrons. The molecule has 0 aromatic heterocycles. The first-order chi connectivity index (χ1) is 8.08. The number of carbonyl (C=O) groups is 1.